The summed E-state index contributed by atoms with van der Waals surface area (Å²) < 4.78 is 16.2. The lowest BCUT2D eigenvalue weighted by molar-refractivity contribution is -0.118. The van der Waals surface area contributed by atoms with Crippen LogP contribution in [0.5, 0.6) is 23.0 Å². The fraction of sp³-hybridized carbons (Fsp3) is 0.333. The molecule has 0 unspecified atom stereocenters. The van der Waals surface area contributed by atoms with E-state index in [4.69, 9.17) is 19.9 Å². The van der Waals surface area contributed by atoms with E-state index in [0.717, 1.165) is 0 Å². The summed E-state index contributed by atoms with van der Waals surface area (Å²) in [4.78, 5) is 15.4. The molecule has 0 radical (unpaired) electrons. The van der Waals surface area contributed by atoms with Gasteiger partial charge in [-0.25, -0.2) is 0 Å². The fourth-order valence-corrected chi connectivity index (χ4v) is 4.98. The molecule has 1 aliphatic carbocycles. The molecule has 1 atom stereocenters. The van der Waals surface area contributed by atoms with Gasteiger partial charge in [-0.05, 0) is 41.7 Å². The predicted octanol–water partition coefficient (Wildman–Crippen LogP) is 4.36. The van der Waals surface area contributed by atoms with E-state index in [0.29, 0.717) is 52.6 Å². The molecule has 35 heavy (non-hydrogen) atoms. The Bertz CT molecular complexity index is 1300. The van der Waals surface area contributed by atoms with Crippen molar-refractivity contribution < 1.29 is 24.1 Å². The number of rotatable bonds is 5. The molecule has 0 fully saturated rings. The van der Waals surface area contributed by atoms with Gasteiger partial charge in [0.1, 0.15) is 17.3 Å². The van der Waals surface area contributed by atoms with Crippen molar-refractivity contribution in [1.82, 2.24) is 0 Å². The molecule has 2 aliphatic rings. The van der Waals surface area contributed by atoms with E-state index >= 15 is 0 Å². The molecule has 2 aromatic carbocycles. The summed E-state index contributed by atoms with van der Waals surface area (Å²) in [5.74, 6) is 0.735. The number of phenolic OH excluding ortho intramolecular Hbond substituents is 1. The summed E-state index contributed by atoms with van der Waals surface area (Å²) in [6.45, 7) is 4.06. The van der Waals surface area contributed by atoms with E-state index in [9.17, 15) is 15.2 Å². The number of hydrogen-bond acceptors (Lipinski definition) is 8. The van der Waals surface area contributed by atoms with Crippen LogP contribution >= 0.6 is 0 Å². The zero-order valence-corrected chi connectivity index (χ0v) is 20.5. The van der Waals surface area contributed by atoms with Crippen LogP contribution in [0, 0.1) is 16.7 Å². The second-order valence-electron chi connectivity index (χ2n) is 9.45. The number of aromatic hydroxyl groups is 1. The normalized spacial score (nSPS) is 19.3. The van der Waals surface area contributed by atoms with Gasteiger partial charge >= 0.3 is 0 Å². The summed E-state index contributed by atoms with van der Waals surface area (Å²) in [6.07, 6.45) is 0.874. The SMILES string of the molecule is COc1ccc(OC)c(N2C(N)=C(C#N)[C@@H](c3ccc(OC)c(O)c3)C3=C2CC(C)(C)CC3=O)c1. The predicted molar refractivity (Wildman–Crippen MR) is 131 cm³/mol. The van der Waals surface area contributed by atoms with Gasteiger partial charge in [0.15, 0.2) is 17.3 Å². The van der Waals surface area contributed by atoms with Crippen LogP contribution < -0.4 is 24.8 Å². The van der Waals surface area contributed by atoms with Crippen LogP contribution in [0.15, 0.2) is 59.1 Å². The van der Waals surface area contributed by atoms with Crippen LogP contribution in [0.2, 0.25) is 0 Å². The Morgan fingerprint density at radius 1 is 1.06 bits per heavy atom. The van der Waals surface area contributed by atoms with E-state index in [1.165, 1.54) is 13.2 Å². The largest absolute Gasteiger partial charge is 0.504 e. The van der Waals surface area contributed by atoms with Gasteiger partial charge in [-0.3, -0.25) is 9.69 Å². The third-order valence-corrected chi connectivity index (χ3v) is 6.54. The number of carbonyl (C=O) groups excluding carboxylic acids is 1. The number of nitrogens with two attached hydrogens (primary N) is 1. The van der Waals surface area contributed by atoms with Gasteiger partial charge in [0, 0.05) is 23.8 Å². The van der Waals surface area contributed by atoms with E-state index in [-0.39, 0.29) is 28.3 Å². The van der Waals surface area contributed by atoms with Crippen molar-refractivity contribution in [2.75, 3.05) is 26.2 Å². The first-order chi connectivity index (χ1) is 16.6. The second kappa shape index (κ2) is 8.91. The lowest BCUT2D eigenvalue weighted by Gasteiger charge is -2.44. The Morgan fingerprint density at radius 3 is 2.34 bits per heavy atom. The average molecular weight is 476 g/mol. The molecule has 2 aromatic rings. The third kappa shape index (κ3) is 4.03. The Labute approximate surface area is 204 Å². The zero-order chi connectivity index (χ0) is 25.5. The number of methoxy groups -OCH3 is 3. The van der Waals surface area contributed by atoms with Crippen molar-refractivity contribution in [2.45, 2.75) is 32.6 Å². The molecule has 0 aromatic heterocycles. The van der Waals surface area contributed by atoms with Crippen molar-refractivity contribution in [1.29, 1.82) is 5.26 Å². The van der Waals surface area contributed by atoms with Crippen LogP contribution in [-0.2, 0) is 4.79 Å². The van der Waals surface area contributed by atoms with Crippen molar-refractivity contribution in [2.24, 2.45) is 11.1 Å². The molecule has 4 rings (SSSR count). The van der Waals surface area contributed by atoms with E-state index in [2.05, 4.69) is 6.07 Å². The highest BCUT2D eigenvalue weighted by atomic mass is 16.5. The number of anilines is 1. The first kappa shape index (κ1) is 24.0. The molecule has 0 bridgehead atoms. The molecule has 8 heteroatoms. The van der Waals surface area contributed by atoms with Gasteiger partial charge < -0.3 is 25.1 Å². The maximum Gasteiger partial charge on any atom is 0.162 e. The number of ether oxygens (including phenoxy) is 3. The minimum atomic E-state index is -0.719. The molecule has 182 valence electrons. The number of allylic oxidation sites excluding steroid dienone is 3. The maximum atomic E-state index is 13.7. The zero-order valence-electron chi connectivity index (χ0n) is 20.5. The van der Waals surface area contributed by atoms with Gasteiger partial charge in [-0.1, -0.05) is 19.9 Å². The average Bonchev–Trinajstić information content (AvgIpc) is 2.82. The summed E-state index contributed by atoms with van der Waals surface area (Å²) in [7, 11) is 4.57. The molecule has 1 aliphatic heterocycles. The Hall–Kier alpha value is -4.12. The molecule has 0 amide bonds. The molecule has 1 heterocycles. The highest BCUT2D eigenvalue weighted by Gasteiger charge is 2.45. The lowest BCUT2D eigenvalue weighted by Crippen LogP contribution is -2.42. The number of benzene rings is 2. The quantitative estimate of drug-likeness (QED) is 0.655. The summed E-state index contributed by atoms with van der Waals surface area (Å²) >= 11 is 0. The Morgan fingerprint density at radius 2 is 1.74 bits per heavy atom. The van der Waals surface area contributed by atoms with Gasteiger partial charge in [0.2, 0.25) is 0 Å². The number of phenols is 1. The van der Waals surface area contributed by atoms with E-state index in [1.807, 2.05) is 13.8 Å². The monoisotopic (exact) mass is 475 g/mol. The summed E-state index contributed by atoms with van der Waals surface area (Å²) in [6, 6.07) is 12.4. The Balaban J connectivity index is 2.03. The number of nitrogens with zero attached hydrogens (tertiary/aromatic N) is 2. The van der Waals surface area contributed by atoms with Crippen LogP contribution in [-0.4, -0.2) is 32.2 Å². The van der Waals surface area contributed by atoms with Gasteiger partial charge in [0.05, 0.1) is 44.6 Å². The molecule has 0 spiro atoms. The summed E-state index contributed by atoms with van der Waals surface area (Å²) in [5.41, 5.74) is 8.94. The Kier molecular flexibility index (Phi) is 6.12. The molecule has 3 N–H and O–H groups in total. The number of Topliss-reactive ketones (excluding diaryl/α,β-unsaturated/α-hetero) is 1. The molecule has 0 saturated carbocycles. The molecule has 0 saturated heterocycles. The third-order valence-electron chi connectivity index (χ3n) is 6.54. The van der Waals surface area contributed by atoms with Crippen molar-refractivity contribution in [3.63, 3.8) is 0 Å². The van der Waals surface area contributed by atoms with Gasteiger partial charge in [-0.2, -0.15) is 5.26 Å². The van der Waals surface area contributed by atoms with Crippen LogP contribution in [0.1, 0.15) is 38.2 Å². The number of nitriles is 1. The van der Waals surface area contributed by atoms with Crippen LogP contribution in [0.4, 0.5) is 5.69 Å². The van der Waals surface area contributed by atoms with E-state index < -0.39 is 5.92 Å². The van der Waals surface area contributed by atoms with Crippen LogP contribution in [0.3, 0.4) is 0 Å². The summed E-state index contributed by atoms with van der Waals surface area (Å²) in [5, 5.41) is 20.7. The minimum absolute atomic E-state index is 0.0660. The second-order valence-corrected chi connectivity index (χ2v) is 9.45. The number of carbonyl (C=O) groups is 1. The molecule has 8 nitrogen and oxygen atoms in total. The highest BCUT2D eigenvalue weighted by Crippen LogP contribution is 2.52. The first-order valence-electron chi connectivity index (χ1n) is 11.2. The maximum absolute atomic E-state index is 13.7. The lowest BCUT2D eigenvalue weighted by atomic mass is 9.68. The molecular weight excluding hydrogens is 446 g/mol. The van der Waals surface area contributed by atoms with Gasteiger partial charge in [-0.15, -0.1) is 0 Å². The smallest absolute Gasteiger partial charge is 0.162 e. The van der Waals surface area contributed by atoms with Gasteiger partial charge in [0.25, 0.3) is 0 Å². The van der Waals surface area contributed by atoms with Crippen molar-refractivity contribution in [3.05, 3.63) is 64.6 Å². The topological polar surface area (TPSA) is 118 Å². The van der Waals surface area contributed by atoms with Crippen molar-refractivity contribution in [3.8, 4) is 29.1 Å². The van der Waals surface area contributed by atoms with Crippen molar-refractivity contribution >= 4 is 11.5 Å². The standard InChI is InChI=1S/C27H29N3O5/c1-27(2)12-19-25(21(32)13-27)24(15-6-8-23(35-5)20(31)10-15)17(14-28)26(29)30(19)18-11-16(33-3)7-9-22(18)34-4/h6-11,24,31H,12-13,29H2,1-5H3/t24-/m1/s1. The fourth-order valence-electron chi connectivity index (χ4n) is 4.98. The van der Waals surface area contributed by atoms with E-state index in [1.54, 1.807) is 49.5 Å². The molecular formula is C27H29N3O5. The highest BCUT2D eigenvalue weighted by molar-refractivity contribution is 6.02. The number of ketones is 1. The first-order valence-corrected chi connectivity index (χ1v) is 11.2. The van der Waals surface area contributed by atoms with Crippen LogP contribution in [0.25, 0.3) is 0 Å². The minimum Gasteiger partial charge on any atom is -0.504 e. The number of hydrogen-bond donors (Lipinski definition) is 2.